The Labute approximate surface area is 172 Å². The molecule has 0 radical (unpaired) electrons. The van der Waals surface area contributed by atoms with Crippen molar-refractivity contribution in [1.82, 2.24) is 14.7 Å². The molecule has 1 aliphatic heterocycles. The Bertz CT molecular complexity index is 871. The SMILES string of the molecule is Cc1cc(N2CCOCC2)nc(NCCNS(=O)(=O)c2ccc(I)cc2)n1. The molecule has 1 aromatic carbocycles. The lowest BCUT2D eigenvalue weighted by Gasteiger charge is -2.28. The maximum absolute atomic E-state index is 12.3. The number of sulfonamides is 1. The van der Waals surface area contributed by atoms with Crippen LogP contribution in [0.25, 0.3) is 0 Å². The van der Waals surface area contributed by atoms with Crippen molar-refractivity contribution in [2.75, 3.05) is 49.6 Å². The molecule has 2 heterocycles. The third-order valence-corrected chi connectivity index (χ3v) is 6.20. The van der Waals surface area contributed by atoms with Crippen molar-refractivity contribution in [3.05, 3.63) is 39.6 Å². The molecule has 146 valence electrons. The number of anilines is 2. The van der Waals surface area contributed by atoms with Crippen molar-refractivity contribution in [1.29, 1.82) is 0 Å². The van der Waals surface area contributed by atoms with Gasteiger partial charge in [0.05, 0.1) is 18.1 Å². The van der Waals surface area contributed by atoms with Crippen LogP contribution in [0.15, 0.2) is 35.2 Å². The largest absolute Gasteiger partial charge is 0.378 e. The first-order valence-electron chi connectivity index (χ1n) is 8.61. The number of halogens is 1. The van der Waals surface area contributed by atoms with E-state index >= 15 is 0 Å². The number of hydrogen-bond donors (Lipinski definition) is 2. The van der Waals surface area contributed by atoms with Crippen LogP contribution in [0.2, 0.25) is 0 Å². The molecule has 0 bridgehead atoms. The van der Waals surface area contributed by atoms with Crippen LogP contribution in [0.4, 0.5) is 11.8 Å². The van der Waals surface area contributed by atoms with Crippen LogP contribution in [-0.4, -0.2) is 57.8 Å². The summed E-state index contributed by atoms with van der Waals surface area (Å²) in [5.41, 5.74) is 0.855. The second kappa shape index (κ2) is 9.13. The molecule has 0 amide bonds. The molecule has 10 heteroatoms. The average Bonchev–Trinajstić information content (AvgIpc) is 2.66. The quantitative estimate of drug-likeness (QED) is 0.438. The van der Waals surface area contributed by atoms with E-state index in [4.69, 9.17) is 4.74 Å². The molecule has 2 aromatic rings. The molecule has 1 saturated heterocycles. The Balaban J connectivity index is 1.55. The van der Waals surface area contributed by atoms with Crippen LogP contribution < -0.4 is 14.9 Å². The number of hydrogen-bond acceptors (Lipinski definition) is 7. The Kier molecular flexibility index (Phi) is 6.84. The molecule has 2 N–H and O–H groups in total. The highest BCUT2D eigenvalue weighted by atomic mass is 127. The van der Waals surface area contributed by atoms with Crippen LogP contribution in [0.5, 0.6) is 0 Å². The third-order valence-electron chi connectivity index (χ3n) is 4.00. The van der Waals surface area contributed by atoms with Crippen molar-refractivity contribution in [2.24, 2.45) is 0 Å². The van der Waals surface area contributed by atoms with E-state index in [0.717, 1.165) is 28.2 Å². The second-order valence-corrected chi connectivity index (χ2v) is 9.08. The molecule has 0 spiro atoms. The predicted octanol–water partition coefficient (Wildman–Crippen LogP) is 1.62. The first-order valence-corrected chi connectivity index (χ1v) is 11.2. The van der Waals surface area contributed by atoms with Crippen LogP contribution in [0, 0.1) is 10.5 Å². The number of nitrogens with one attached hydrogen (secondary N) is 2. The van der Waals surface area contributed by atoms with Gasteiger partial charge in [0.2, 0.25) is 16.0 Å². The van der Waals surface area contributed by atoms with Gasteiger partial charge in [-0.1, -0.05) is 0 Å². The fraction of sp³-hybridized carbons (Fsp3) is 0.412. The van der Waals surface area contributed by atoms with E-state index in [-0.39, 0.29) is 11.4 Å². The monoisotopic (exact) mass is 503 g/mol. The molecule has 0 saturated carbocycles. The summed E-state index contributed by atoms with van der Waals surface area (Å²) in [6.07, 6.45) is 0. The summed E-state index contributed by atoms with van der Waals surface area (Å²) in [5.74, 6) is 1.35. The standard InChI is InChI=1S/C17H22IN5O3S/c1-13-12-16(23-8-10-26-11-9-23)22-17(21-13)19-6-7-20-27(24,25)15-4-2-14(18)3-5-15/h2-5,12,20H,6-11H2,1H3,(H,19,21,22). The minimum Gasteiger partial charge on any atom is -0.378 e. The molecule has 8 nitrogen and oxygen atoms in total. The van der Waals surface area contributed by atoms with E-state index in [1.165, 1.54) is 0 Å². The third kappa shape index (κ3) is 5.74. The number of ether oxygens (including phenoxy) is 1. The van der Waals surface area contributed by atoms with Crippen LogP contribution >= 0.6 is 22.6 Å². The highest BCUT2D eigenvalue weighted by Crippen LogP contribution is 2.16. The van der Waals surface area contributed by atoms with Gasteiger partial charge in [-0.25, -0.2) is 18.1 Å². The van der Waals surface area contributed by atoms with E-state index in [1.807, 2.05) is 13.0 Å². The van der Waals surface area contributed by atoms with Crippen LogP contribution in [0.3, 0.4) is 0 Å². The van der Waals surface area contributed by atoms with Gasteiger partial charge in [-0.3, -0.25) is 0 Å². The van der Waals surface area contributed by atoms with Gasteiger partial charge >= 0.3 is 0 Å². The van der Waals surface area contributed by atoms with Gasteiger partial charge in [-0.05, 0) is 53.8 Å². The highest BCUT2D eigenvalue weighted by Gasteiger charge is 2.15. The minimum absolute atomic E-state index is 0.235. The van der Waals surface area contributed by atoms with Gasteiger partial charge in [0.25, 0.3) is 0 Å². The van der Waals surface area contributed by atoms with Gasteiger partial charge in [0, 0.05) is 41.5 Å². The number of morpholine rings is 1. The van der Waals surface area contributed by atoms with Gasteiger partial charge < -0.3 is 15.0 Å². The molecular weight excluding hydrogens is 481 g/mol. The smallest absolute Gasteiger partial charge is 0.240 e. The minimum atomic E-state index is -3.52. The molecule has 27 heavy (non-hydrogen) atoms. The van der Waals surface area contributed by atoms with Crippen LogP contribution in [0.1, 0.15) is 5.69 Å². The fourth-order valence-corrected chi connectivity index (χ4v) is 4.03. The molecular formula is C17H22IN5O3S. The summed E-state index contributed by atoms with van der Waals surface area (Å²) >= 11 is 2.14. The zero-order chi connectivity index (χ0) is 19.3. The summed E-state index contributed by atoms with van der Waals surface area (Å²) < 4.78 is 33.5. The molecule has 1 aromatic heterocycles. The van der Waals surface area contributed by atoms with E-state index in [9.17, 15) is 8.42 Å². The van der Waals surface area contributed by atoms with Gasteiger partial charge in [0.15, 0.2) is 0 Å². The highest BCUT2D eigenvalue weighted by molar-refractivity contribution is 14.1. The molecule has 0 unspecified atom stereocenters. The predicted molar refractivity (Wildman–Crippen MR) is 113 cm³/mol. The normalized spacial score (nSPS) is 15.0. The lowest BCUT2D eigenvalue weighted by atomic mass is 10.3. The lowest BCUT2D eigenvalue weighted by Crippen LogP contribution is -2.37. The molecule has 1 fully saturated rings. The molecule has 1 aliphatic rings. The van der Waals surface area contributed by atoms with Crippen LogP contribution in [-0.2, 0) is 14.8 Å². The van der Waals surface area contributed by atoms with E-state index in [1.54, 1.807) is 24.3 Å². The Morgan fingerprint density at radius 3 is 2.56 bits per heavy atom. The Morgan fingerprint density at radius 2 is 1.85 bits per heavy atom. The van der Waals surface area contributed by atoms with E-state index in [0.29, 0.717) is 25.7 Å². The zero-order valence-corrected chi connectivity index (χ0v) is 18.0. The molecule has 3 rings (SSSR count). The first-order chi connectivity index (χ1) is 12.9. The Morgan fingerprint density at radius 1 is 1.15 bits per heavy atom. The van der Waals surface area contributed by atoms with Crippen molar-refractivity contribution < 1.29 is 13.2 Å². The number of rotatable bonds is 7. The van der Waals surface area contributed by atoms with Crippen molar-refractivity contribution >= 4 is 44.4 Å². The number of aryl methyl sites for hydroxylation is 1. The van der Waals surface area contributed by atoms with E-state index < -0.39 is 10.0 Å². The maximum atomic E-state index is 12.3. The molecule has 0 atom stereocenters. The van der Waals surface area contributed by atoms with Crippen molar-refractivity contribution in [2.45, 2.75) is 11.8 Å². The lowest BCUT2D eigenvalue weighted by molar-refractivity contribution is 0.122. The van der Waals surface area contributed by atoms with Gasteiger partial charge in [0.1, 0.15) is 5.82 Å². The molecule has 0 aliphatic carbocycles. The average molecular weight is 503 g/mol. The Hall–Kier alpha value is -1.50. The summed E-state index contributed by atoms with van der Waals surface area (Å²) in [5, 5.41) is 3.09. The van der Waals surface area contributed by atoms with Gasteiger partial charge in [-0.2, -0.15) is 4.98 Å². The summed E-state index contributed by atoms with van der Waals surface area (Å²) in [4.78, 5) is 11.3. The maximum Gasteiger partial charge on any atom is 0.240 e. The summed E-state index contributed by atoms with van der Waals surface area (Å²) in [6, 6.07) is 8.66. The fourth-order valence-electron chi connectivity index (χ4n) is 2.64. The summed E-state index contributed by atoms with van der Waals surface area (Å²) in [6.45, 7) is 5.50. The number of benzene rings is 1. The van der Waals surface area contributed by atoms with Gasteiger partial charge in [-0.15, -0.1) is 0 Å². The second-order valence-electron chi connectivity index (χ2n) is 6.07. The topological polar surface area (TPSA) is 96.5 Å². The summed E-state index contributed by atoms with van der Waals surface area (Å²) in [7, 11) is -3.52. The van der Waals surface area contributed by atoms with Crippen molar-refractivity contribution in [3.63, 3.8) is 0 Å². The first kappa shape index (κ1) is 20.2. The van der Waals surface area contributed by atoms with Crippen molar-refractivity contribution in [3.8, 4) is 0 Å². The number of aromatic nitrogens is 2. The number of nitrogens with zero attached hydrogens (tertiary/aromatic N) is 3. The van der Waals surface area contributed by atoms with E-state index in [2.05, 4.69) is 47.5 Å². The zero-order valence-electron chi connectivity index (χ0n) is 15.0.